The van der Waals surface area contributed by atoms with E-state index in [0.717, 1.165) is 74.4 Å². The summed E-state index contributed by atoms with van der Waals surface area (Å²) in [5.41, 5.74) is 2.15. The predicted molar refractivity (Wildman–Crippen MR) is 130 cm³/mol. The molecule has 0 saturated carbocycles. The van der Waals surface area contributed by atoms with Gasteiger partial charge in [0.05, 0.1) is 5.56 Å². The van der Waals surface area contributed by atoms with Crippen molar-refractivity contribution in [1.29, 1.82) is 0 Å². The van der Waals surface area contributed by atoms with E-state index in [9.17, 15) is 23.1 Å². The Balaban J connectivity index is 1.62. The number of carboxylic acids is 1. The van der Waals surface area contributed by atoms with Gasteiger partial charge in [0.1, 0.15) is 5.75 Å². The number of aliphatic carboxylic acids is 1. The van der Waals surface area contributed by atoms with Crippen LogP contribution < -0.4 is 4.74 Å². The number of hydrogen-bond acceptors (Lipinski definition) is 4. The zero-order chi connectivity index (χ0) is 25.8. The van der Waals surface area contributed by atoms with Crippen LogP contribution in [0.3, 0.4) is 0 Å². The van der Waals surface area contributed by atoms with E-state index >= 15 is 0 Å². The van der Waals surface area contributed by atoms with Crippen LogP contribution in [0.5, 0.6) is 5.75 Å². The number of carboxylic acid groups (broad SMARTS) is 1. The summed E-state index contributed by atoms with van der Waals surface area (Å²) in [7, 11) is 0. The van der Waals surface area contributed by atoms with Crippen LogP contribution >= 0.6 is 0 Å². The average Bonchev–Trinajstić information content (AvgIpc) is 2.80. The van der Waals surface area contributed by atoms with E-state index in [1.54, 1.807) is 26.0 Å². The summed E-state index contributed by atoms with van der Waals surface area (Å²) in [4.78, 5) is 16.2. The second kappa shape index (κ2) is 11.0. The minimum Gasteiger partial charge on any atom is -0.478 e. The van der Waals surface area contributed by atoms with E-state index in [0.29, 0.717) is 12.3 Å². The Morgan fingerprint density at radius 1 is 0.886 bits per heavy atom. The summed E-state index contributed by atoms with van der Waals surface area (Å²) in [5, 5.41) is 9.48. The normalized spacial score (nSPS) is 15.9. The van der Waals surface area contributed by atoms with E-state index in [-0.39, 0.29) is 0 Å². The number of benzene rings is 2. The number of hydrogen-bond donors (Lipinski definition) is 1. The van der Waals surface area contributed by atoms with Gasteiger partial charge >= 0.3 is 12.1 Å². The zero-order valence-electron chi connectivity index (χ0n) is 20.9. The predicted octanol–water partition coefficient (Wildman–Crippen LogP) is 5.39. The molecular weight excluding hydrogens is 457 g/mol. The number of alkyl halides is 3. The maximum atomic E-state index is 12.8. The van der Waals surface area contributed by atoms with E-state index in [1.165, 1.54) is 5.56 Å². The molecule has 1 aliphatic heterocycles. The third-order valence-corrected chi connectivity index (χ3v) is 6.50. The smallest absolute Gasteiger partial charge is 0.416 e. The molecule has 0 unspecified atom stereocenters. The van der Waals surface area contributed by atoms with Gasteiger partial charge < -0.3 is 9.84 Å². The Hall–Kier alpha value is -2.58. The first kappa shape index (κ1) is 27.0. The van der Waals surface area contributed by atoms with Gasteiger partial charge in [-0.2, -0.15) is 13.2 Å². The summed E-state index contributed by atoms with van der Waals surface area (Å²) in [6.07, 6.45) is -2.82. The third kappa shape index (κ3) is 6.98. The van der Waals surface area contributed by atoms with Crippen molar-refractivity contribution in [3.05, 3.63) is 64.2 Å². The number of carbonyl (C=O) groups is 1. The summed E-state index contributed by atoms with van der Waals surface area (Å²) in [5.74, 6) is -0.327. The molecule has 0 bridgehead atoms. The van der Waals surface area contributed by atoms with Crippen molar-refractivity contribution in [2.75, 3.05) is 26.2 Å². The van der Waals surface area contributed by atoms with Crippen LogP contribution in [0.15, 0.2) is 36.4 Å². The molecule has 3 rings (SSSR count). The Morgan fingerprint density at radius 2 is 1.34 bits per heavy atom. The van der Waals surface area contributed by atoms with E-state index in [4.69, 9.17) is 4.74 Å². The highest BCUT2D eigenvalue weighted by Gasteiger charge is 2.32. The molecule has 1 N–H and O–H groups in total. The summed E-state index contributed by atoms with van der Waals surface area (Å²) >= 11 is 0. The number of halogens is 3. The molecule has 8 heteroatoms. The van der Waals surface area contributed by atoms with Crippen molar-refractivity contribution in [2.45, 2.75) is 65.4 Å². The quantitative estimate of drug-likeness (QED) is 0.509. The Morgan fingerprint density at radius 3 is 1.74 bits per heavy atom. The van der Waals surface area contributed by atoms with Crippen molar-refractivity contribution in [3.8, 4) is 5.75 Å². The van der Waals surface area contributed by atoms with Gasteiger partial charge in [-0.15, -0.1) is 0 Å². The van der Waals surface area contributed by atoms with Gasteiger partial charge in [0.25, 0.3) is 0 Å². The molecular formula is C27H35F3N2O3. The lowest BCUT2D eigenvalue weighted by Crippen LogP contribution is -2.45. The van der Waals surface area contributed by atoms with Gasteiger partial charge in [-0.25, -0.2) is 4.79 Å². The fourth-order valence-corrected chi connectivity index (χ4v) is 4.29. The maximum Gasteiger partial charge on any atom is 0.416 e. The van der Waals surface area contributed by atoms with Crippen molar-refractivity contribution in [2.24, 2.45) is 0 Å². The molecule has 0 radical (unpaired) electrons. The Kier molecular flexibility index (Phi) is 8.49. The minimum absolute atomic E-state index is 0.619. The third-order valence-electron chi connectivity index (χ3n) is 6.50. The second-order valence-corrected chi connectivity index (χ2v) is 9.61. The van der Waals surface area contributed by atoms with E-state index < -0.39 is 23.3 Å². The van der Waals surface area contributed by atoms with Crippen molar-refractivity contribution in [3.63, 3.8) is 0 Å². The van der Waals surface area contributed by atoms with Crippen LogP contribution in [-0.2, 0) is 36.9 Å². The molecule has 0 atom stereocenters. The first-order valence-corrected chi connectivity index (χ1v) is 12.1. The Bertz CT molecular complexity index is 986. The standard InChI is InChI=1S/C27H35F3N2O3/c1-5-21-15-20(16-22(6-2)24(21)35-26(3,4)25(33)34)18-32-13-11-31(12-14-32)17-19-7-9-23(10-8-19)27(28,29)30/h7-10,15-16H,5-6,11-14,17-18H2,1-4H3,(H,33,34). The van der Waals surface area contributed by atoms with Crippen LogP contribution in [0.4, 0.5) is 13.2 Å². The molecule has 0 spiro atoms. The van der Waals surface area contributed by atoms with Crippen LogP contribution in [0, 0.1) is 0 Å². The summed E-state index contributed by atoms with van der Waals surface area (Å²) < 4.78 is 44.3. The lowest BCUT2D eigenvalue weighted by atomic mass is 9.99. The minimum atomic E-state index is -4.31. The first-order chi connectivity index (χ1) is 16.4. The van der Waals surface area contributed by atoms with Crippen LogP contribution in [0.2, 0.25) is 0 Å². The number of nitrogens with zero attached hydrogens (tertiary/aromatic N) is 2. The monoisotopic (exact) mass is 492 g/mol. The van der Waals surface area contributed by atoms with Crippen LogP contribution in [-0.4, -0.2) is 52.7 Å². The first-order valence-electron chi connectivity index (χ1n) is 12.1. The van der Waals surface area contributed by atoms with E-state index in [1.807, 2.05) is 13.8 Å². The highest BCUT2D eigenvalue weighted by Crippen LogP contribution is 2.32. The fourth-order valence-electron chi connectivity index (χ4n) is 4.29. The number of piperazine rings is 1. The molecule has 2 aromatic carbocycles. The van der Waals surface area contributed by atoms with Crippen LogP contribution in [0.25, 0.3) is 0 Å². The molecule has 0 aromatic heterocycles. The molecule has 5 nitrogen and oxygen atoms in total. The van der Waals surface area contributed by atoms with Crippen molar-refractivity contribution in [1.82, 2.24) is 9.80 Å². The van der Waals surface area contributed by atoms with Gasteiger partial charge in [0, 0.05) is 39.3 Å². The maximum absolute atomic E-state index is 12.8. The molecule has 0 aliphatic carbocycles. The van der Waals surface area contributed by atoms with Gasteiger partial charge in [-0.1, -0.05) is 38.1 Å². The Labute approximate surface area is 205 Å². The van der Waals surface area contributed by atoms with E-state index in [2.05, 4.69) is 21.9 Å². The highest BCUT2D eigenvalue weighted by atomic mass is 19.4. The molecule has 2 aromatic rings. The second-order valence-electron chi connectivity index (χ2n) is 9.61. The molecule has 1 aliphatic rings. The molecule has 1 heterocycles. The van der Waals surface area contributed by atoms with Gasteiger partial charge in [-0.3, -0.25) is 9.80 Å². The van der Waals surface area contributed by atoms with Crippen molar-refractivity contribution >= 4 is 5.97 Å². The topological polar surface area (TPSA) is 53.0 Å². The molecule has 192 valence electrons. The molecule has 1 fully saturated rings. The van der Waals surface area contributed by atoms with Crippen LogP contribution in [0.1, 0.15) is 55.5 Å². The van der Waals surface area contributed by atoms with Crippen molar-refractivity contribution < 1.29 is 27.8 Å². The van der Waals surface area contributed by atoms with Gasteiger partial charge in [-0.05, 0) is 61.1 Å². The molecule has 1 saturated heterocycles. The molecule has 35 heavy (non-hydrogen) atoms. The number of ether oxygens (including phenoxy) is 1. The summed E-state index contributed by atoms with van der Waals surface area (Å²) in [6, 6.07) is 9.63. The largest absolute Gasteiger partial charge is 0.478 e. The fraction of sp³-hybridized carbons (Fsp3) is 0.519. The van der Waals surface area contributed by atoms with Gasteiger partial charge in [0.2, 0.25) is 0 Å². The number of aryl methyl sites for hydroxylation is 2. The number of rotatable bonds is 9. The average molecular weight is 493 g/mol. The zero-order valence-corrected chi connectivity index (χ0v) is 20.9. The summed E-state index contributed by atoms with van der Waals surface area (Å²) in [6.45, 7) is 12.1. The lowest BCUT2D eigenvalue weighted by molar-refractivity contribution is -0.152. The highest BCUT2D eigenvalue weighted by molar-refractivity contribution is 5.77. The lowest BCUT2D eigenvalue weighted by Gasteiger charge is -2.35. The SMILES string of the molecule is CCc1cc(CN2CCN(Cc3ccc(C(F)(F)F)cc3)CC2)cc(CC)c1OC(C)(C)C(=O)O. The van der Waals surface area contributed by atoms with Gasteiger partial charge in [0.15, 0.2) is 5.60 Å². The molecule has 0 amide bonds.